The van der Waals surface area contributed by atoms with Crippen LogP contribution in [0.2, 0.25) is 0 Å². The maximum absolute atomic E-state index is 13.3. The zero-order valence-corrected chi connectivity index (χ0v) is 21.2. The standard InChI is InChI=1S/C29H33N3OS/c1-29(2,3)23-16-14-22(15-17-23)28(33)31-25(18-19-34-4)27-30-24-12-8-9-13-26(24)32(27)20-21-10-6-5-7-11-21/h5-17,25H,18-20H2,1-4H3,(H,31,33). The molecule has 5 heteroatoms. The minimum absolute atomic E-state index is 0.0538. The fourth-order valence-corrected chi connectivity index (χ4v) is 4.63. The Bertz CT molecular complexity index is 1240. The summed E-state index contributed by atoms with van der Waals surface area (Å²) in [6.07, 6.45) is 2.90. The number of carbonyl (C=O) groups is 1. The minimum Gasteiger partial charge on any atom is -0.342 e. The minimum atomic E-state index is -0.182. The number of amides is 1. The van der Waals surface area contributed by atoms with Gasteiger partial charge in [-0.25, -0.2) is 4.98 Å². The lowest BCUT2D eigenvalue weighted by molar-refractivity contribution is 0.0933. The highest BCUT2D eigenvalue weighted by Gasteiger charge is 2.23. The molecule has 1 aromatic heterocycles. The summed E-state index contributed by atoms with van der Waals surface area (Å²) in [5.41, 5.74) is 5.18. The van der Waals surface area contributed by atoms with Crippen molar-refractivity contribution in [3.8, 4) is 0 Å². The van der Waals surface area contributed by atoms with Gasteiger partial charge in [0, 0.05) is 12.1 Å². The Morgan fingerprint density at radius 1 is 0.971 bits per heavy atom. The summed E-state index contributed by atoms with van der Waals surface area (Å²) in [6.45, 7) is 7.25. The van der Waals surface area contributed by atoms with Gasteiger partial charge in [0.1, 0.15) is 5.82 Å². The predicted molar refractivity (Wildman–Crippen MR) is 144 cm³/mol. The topological polar surface area (TPSA) is 46.9 Å². The molecule has 34 heavy (non-hydrogen) atoms. The highest BCUT2D eigenvalue weighted by Crippen LogP contribution is 2.26. The number of para-hydroxylation sites is 2. The Hall–Kier alpha value is -3.05. The van der Waals surface area contributed by atoms with E-state index in [-0.39, 0.29) is 17.4 Å². The fourth-order valence-electron chi connectivity index (χ4n) is 4.16. The number of imidazole rings is 1. The van der Waals surface area contributed by atoms with Crippen molar-refractivity contribution in [2.75, 3.05) is 12.0 Å². The van der Waals surface area contributed by atoms with Gasteiger partial charge in [0.05, 0.1) is 17.1 Å². The van der Waals surface area contributed by atoms with Crippen molar-refractivity contribution < 1.29 is 4.79 Å². The molecule has 0 saturated carbocycles. The van der Waals surface area contributed by atoms with E-state index in [1.807, 2.05) is 36.4 Å². The SMILES string of the molecule is CSCCC(NC(=O)c1ccc(C(C)(C)C)cc1)c1nc2ccccc2n1Cc1ccccc1. The van der Waals surface area contributed by atoms with Crippen molar-refractivity contribution >= 4 is 28.7 Å². The lowest BCUT2D eigenvalue weighted by Gasteiger charge is -2.21. The first-order chi connectivity index (χ1) is 16.4. The molecule has 4 aromatic rings. The number of hydrogen-bond acceptors (Lipinski definition) is 3. The Morgan fingerprint density at radius 3 is 2.32 bits per heavy atom. The number of benzene rings is 3. The van der Waals surface area contributed by atoms with E-state index in [0.717, 1.165) is 29.0 Å². The predicted octanol–water partition coefficient (Wildman–Crippen LogP) is 6.61. The van der Waals surface area contributed by atoms with Gasteiger partial charge in [0.25, 0.3) is 5.91 Å². The van der Waals surface area contributed by atoms with Crippen molar-refractivity contribution in [3.63, 3.8) is 0 Å². The zero-order valence-electron chi connectivity index (χ0n) is 20.4. The summed E-state index contributed by atoms with van der Waals surface area (Å²) in [7, 11) is 0. The molecule has 0 aliphatic carbocycles. The number of thioether (sulfide) groups is 1. The van der Waals surface area contributed by atoms with Gasteiger partial charge in [-0.3, -0.25) is 4.79 Å². The lowest BCUT2D eigenvalue weighted by atomic mass is 9.86. The molecule has 1 unspecified atom stereocenters. The van der Waals surface area contributed by atoms with E-state index in [9.17, 15) is 4.79 Å². The molecule has 0 aliphatic rings. The summed E-state index contributed by atoms with van der Waals surface area (Å²) in [5.74, 6) is 1.77. The van der Waals surface area contributed by atoms with Crippen LogP contribution < -0.4 is 5.32 Å². The Kier molecular flexibility index (Phi) is 7.42. The average molecular weight is 472 g/mol. The van der Waals surface area contributed by atoms with Crippen LogP contribution in [0.1, 0.15) is 60.5 Å². The number of nitrogens with zero attached hydrogens (tertiary/aromatic N) is 2. The number of nitrogens with one attached hydrogen (secondary N) is 1. The van der Waals surface area contributed by atoms with Crippen molar-refractivity contribution in [1.29, 1.82) is 0 Å². The summed E-state index contributed by atoms with van der Waals surface area (Å²) in [4.78, 5) is 18.3. The second-order valence-electron chi connectivity index (χ2n) is 9.67. The number of rotatable bonds is 8. The number of fused-ring (bicyclic) bond motifs is 1. The molecule has 0 radical (unpaired) electrons. The van der Waals surface area contributed by atoms with Crippen LogP contribution in [0.5, 0.6) is 0 Å². The maximum Gasteiger partial charge on any atom is 0.251 e. The van der Waals surface area contributed by atoms with Gasteiger partial charge >= 0.3 is 0 Å². The van der Waals surface area contributed by atoms with Crippen LogP contribution in [0.25, 0.3) is 11.0 Å². The molecule has 0 aliphatic heterocycles. The Morgan fingerprint density at radius 2 is 1.65 bits per heavy atom. The van der Waals surface area contributed by atoms with Crippen molar-refractivity contribution in [1.82, 2.24) is 14.9 Å². The Balaban J connectivity index is 1.67. The van der Waals surface area contributed by atoms with E-state index in [4.69, 9.17) is 4.98 Å². The van der Waals surface area contributed by atoms with Gasteiger partial charge in [-0.05, 0) is 59.2 Å². The van der Waals surface area contributed by atoms with Gasteiger partial charge in [-0.15, -0.1) is 0 Å². The summed E-state index contributed by atoms with van der Waals surface area (Å²) >= 11 is 1.78. The van der Waals surface area contributed by atoms with Gasteiger partial charge in [-0.1, -0.05) is 75.4 Å². The van der Waals surface area contributed by atoms with Gasteiger partial charge in [0.15, 0.2) is 0 Å². The third kappa shape index (κ3) is 5.53. The maximum atomic E-state index is 13.3. The number of carbonyl (C=O) groups excluding carboxylic acids is 1. The van der Waals surface area contributed by atoms with E-state index in [2.05, 4.69) is 79.4 Å². The molecule has 0 fully saturated rings. The van der Waals surface area contributed by atoms with E-state index in [1.165, 1.54) is 11.1 Å². The molecular formula is C29H33N3OS. The highest BCUT2D eigenvalue weighted by atomic mass is 32.2. The van der Waals surface area contributed by atoms with E-state index < -0.39 is 0 Å². The molecule has 1 heterocycles. The second kappa shape index (κ2) is 10.5. The molecule has 3 aromatic carbocycles. The van der Waals surface area contributed by atoms with Crippen LogP contribution in [-0.2, 0) is 12.0 Å². The monoisotopic (exact) mass is 471 g/mol. The van der Waals surface area contributed by atoms with E-state index in [0.29, 0.717) is 12.1 Å². The first-order valence-corrected chi connectivity index (χ1v) is 13.2. The highest BCUT2D eigenvalue weighted by molar-refractivity contribution is 7.98. The second-order valence-corrected chi connectivity index (χ2v) is 10.7. The Labute approximate surface area is 206 Å². The molecule has 4 rings (SSSR count). The molecule has 176 valence electrons. The quantitative estimate of drug-likeness (QED) is 0.315. The third-order valence-electron chi connectivity index (χ3n) is 6.11. The fraction of sp³-hybridized carbons (Fsp3) is 0.310. The number of aromatic nitrogens is 2. The van der Waals surface area contributed by atoms with Gasteiger partial charge in [0.2, 0.25) is 0 Å². The van der Waals surface area contributed by atoms with Crippen molar-refractivity contribution in [2.24, 2.45) is 0 Å². The summed E-state index contributed by atoms with van der Waals surface area (Å²) < 4.78 is 2.25. The van der Waals surface area contributed by atoms with Crippen LogP contribution in [0.3, 0.4) is 0 Å². The molecule has 1 amide bonds. The average Bonchev–Trinajstić information content (AvgIpc) is 3.20. The first-order valence-electron chi connectivity index (χ1n) is 11.8. The van der Waals surface area contributed by atoms with Gasteiger partial charge in [-0.2, -0.15) is 11.8 Å². The number of hydrogen-bond donors (Lipinski definition) is 1. The summed E-state index contributed by atoms with van der Waals surface area (Å²) in [5, 5.41) is 3.29. The smallest absolute Gasteiger partial charge is 0.251 e. The molecule has 0 saturated heterocycles. The van der Waals surface area contributed by atoms with Crippen LogP contribution in [0.4, 0.5) is 0 Å². The molecule has 1 atom stereocenters. The largest absolute Gasteiger partial charge is 0.342 e. The molecule has 0 bridgehead atoms. The van der Waals surface area contributed by atoms with Crippen molar-refractivity contribution in [2.45, 2.75) is 45.2 Å². The van der Waals surface area contributed by atoms with Crippen LogP contribution >= 0.6 is 11.8 Å². The van der Waals surface area contributed by atoms with Crippen LogP contribution in [0.15, 0.2) is 78.9 Å². The molecule has 0 spiro atoms. The van der Waals surface area contributed by atoms with E-state index >= 15 is 0 Å². The van der Waals surface area contributed by atoms with Crippen LogP contribution in [-0.4, -0.2) is 27.5 Å². The zero-order chi connectivity index (χ0) is 24.1. The molecule has 1 N–H and O–H groups in total. The van der Waals surface area contributed by atoms with Crippen molar-refractivity contribution in [3.05, 3.63) is 101 Å². The first kappa shape index (κ1) is 24.1. The third-order valence-corrected chi connectivity index (χ3v) is 6.75. The molecule has 4 nitrogen and oxygen atoms in total. The lowest BCUT2D eigenvalue weighted by Crippen LogP contribution is -2.31. The van der Waals surface area contributed by atoms with Crippen LogP contribution in [0, 0.1) is 0 Å². The normalized spacial score (nSPS) is 12.6. The summed E-state index contributed by atoms with van der Waals surface area (Å²) in [6, 6.07) is 26.4. The molecular weight excluding hydrogens is 438 g/mol. The van der Waals surface area contributed by atoms with E-state index in [1.54, 1.807) is 11.8 Å². The van der Waals surface area contributed by atoms with Gasteiger partial charge < -0.3 is 9.88 Å².